The van der Waals surface area contributed by atoms with E-state index in [4.69, 9.17) is 0 Å². The second kappa shape index (κ2) is 9.41. The van der Waals surface area contributed by atoms with E-state index in [1.807, 2.05) is 0 Å². The van der Waals surface area contributed by atoms with E-state index in [1.54, 1.807) is 42.5 Å². The number of hydroxylamine groups is 2. The monoisotopic (exact) mass is 524 g/mol. The molecule has 3 aromatic carbocycles. The van der Waals surface area contributed by atoms with Crippen molar-refractivity contribution in [1.29, 1.82) is 0 Å². The van der Waals surface area contributed by atoms with Crippen LogP contribution in [0.5, 0.6) is 0 Å². The highest BCUT2D eigenvalue weighted by Crippen LogP contribution is 2.31. The number of hydrogen-bond acceptors (Lipinski definition) is 5. The van der Waals surface area contributed by atoms with Gasteiger partial charge < -0.3 is 15.2 Å². The van der Waals surface area contributed by atoms with Gasteiger partial charge in [0.05, 0.1) is 10.4 Å². The van der Waals surface area contributed by atoms with Crippen LogP contribution < -0.4 is 4.90 Å². The minimum absolute atomic E-state index is 0.0245. The van der Waals surface area contributed by atoms with Crippen molar-refractivity contribution in [1.82, 2.24) is 9.04 Å². The van der Waals surface area contributed by atoms with Gasteiger partial charge in [-0.1, -0.05) is 18.2 Å². The van der Waals surface area contributed by atoms with Crippen molar-refractivity contribution in [3.05, 3.63) is 101 Å². The topological polar surface area (TPSA) is 103 Å². The number of amides is 2. The van der Waals surface area contributed by atoms with Crippen molar-refractivity contribution in [2.24, 2.45) is 5.92 Å². The SMILES string of the molecule is O=C(C1CCN(c2ccc3c(ccn3S(=O)(=O)c3ccccc3)c2)C1=O)N([O-])Cc1cc(F)cc(F)c1. The maximum absolute atomic E-state index is 13.4. The molecule has 1 aromatic heterocycles. The number of anilines is 1. The fourth-order valence-corrected chi connectivity index (χ4v) is 5.85. The van der Waals surface area contributed by atoms with Gasteiger partial charge in [0.2, 0.25) is 11.8 Å². The van der Waals surface area contributed by atoms with Gasteiger partial charge in [0.25, 0.3) is 10.0 Å². The lowest BCUT2D eigenvalue weighted by Crippen LogP contribution is -2.37. The van der Waals surface area contributed by atoms with E-state index in [0.717, 1.165) is 16.1 Å². The standard InChI is InChI=1S/C26H20F2N3O5S/c27-19-12-17(13-20(28)15-19)16-30(34)26(33)23-9-10-29(25(23)32)21-6-7-24-18(14-21)8-11-31(24)37(35,36)22-4-2-1-3-5-22/h1-8,11-15,23H,9-10,16H2/q-1. The molecule has 0 saturated carbocycles. The summed E-state index contributed by atoms with van der Waals surface area (Å²) in [6, 6.07) is 16.9. The van der Waals surface area contributed by atoms with Crippen LogP contribution in [0.1, 0.15) is 12.0 Å². The number of aromatic nitrogens is 1. The summed E-state index contributed by atoms with van der Waals surface area (Å²) in [5.41, 5.74) is 0.843. The molecule has 0 aliphatic carbocycles. The first-order chi connectivity index (χ1) is 17.6. The van der Waals surface area contributed by atoms with Crippen LogP contribution in [0.4, 0.5) is 14.5 Å². The number of nitrogens with zero attached hydrogens (tertiary/aromatic N) is 3. The molecule has 37 heavy (non-hydrogen) atoms. The minimum Gasteiger partial charge on any atom is -0.756 e. The zero-order valence-electron chi connectivity index (χ0n) is 19.3. The van der Waals surface area contributed by atoms with E-state index in [-0.39, 0.29) is 28.5 Å². The molecule has 1 unspecified atom stereocenters. The highest BCUT2D eigenvalue weighted by molar-refractivity contribution is 7.90. The van der Waals surface area contributed by atoms with E-state index in [2.05, 4.69) is 0 Å². The highest BCUT2D eigenvalue weighted by Gasteiger charge is 2.38. The van der Waals surface area contributed by atoms with E-state index >= 15 is 0 Å². The molecule has 0 spiro atoms. The molecule has 1 aliphatic rings. The van der Waals surface area contributed by atoms with Crippen molar-refractivity contribution in [2.45, 2.75) is 17.9 Å². The average Bonchev–Trinajstić information content (AvgIpc) is 3.47. The van der Waals surface area contributed by atoms with Crippen molar-refractivity contribution in [3.63, 3.8) is 0 Å². The molecule has 1 saturated heterocycles. The molecule has 11 heteroatoms. The first kappa shape index (κ1) is 24.6. The van der Waals surface area contributed by atoms with Crippen molar-refractivity contribution in [3.8, 4) is 0 Å². The van der Waals surface area contributed by atoms with Crippen LogP contribution in [-0.2, 0) is 26.2 Å². The van der Waals surface area contributed by atoms with E-state index in [0.29, 0.717) is 22.7 Å². The molecule has 5 rings (SSSR count). The van der Waals surface area contributed by atoms with E-state index in [1.165, 1.54) is 23.2 Å². The Bertz CT molecular complexity index is 1600. The molecule has 1 fully saturated rings. The summed E-state index contributed by atoms with van der Waals surface area (Å²) in [5, 5.41) is 13.0. The maximum Gasteiger partial charge on any atom is 0.268 e. The molecule has 0 N–H and O–H groups in total. The van der Waals surface area contributed by atoms with Gasteiger partial charge in [0, 0.05) is 36.4 Å². The first-order valence-corrected chi connectivity index (χ1v) is 12.8. The smallest absolute Gasteiger partial charge is 0.268 e. The zero-order valence-corrected chi connectivity index (χ0v) is 20.1. The van der Waals surface area contributed by atoms with E-state index in [9.17, 15) is 32.0 Å². The predicted octanol–water partition coefficient (Wildman–Crippen LogP) is 4.04. The normalized spacial score (nSPS) is 15.9. The maximum atomic E-state index is 13.4. The molecule has 4 aromatic rings. The third-order valence-corrected chi connectivity index (χ3v) is 7.95. The summed E-state index contributed by atoms with van der Waals surface area (Å²) < 4.78 is 54.0. The van der Waals surface area contributed by atoms with Crippen LogP contribution in [0.15, 0.2) is 83.9 Å². The van der Waals surface area contributed by atoms with Crippen molar-refractivity contribution < 1.29 is 26.8 Å². The van der Waals surface area contributed by atoms with Crippen LogP contribution >= 0.6 is 0 Å². The third-order valence-electron chi connectivity index (χ3n) is 6.25. The van der Waals surface area contributed by atoms with Gasteiger partial charge in [-0.2, -0.15) is 0 Å². The minimum atomic E-state index is -3.82. The Morgan fingerprint density at radius 2 is 1.70 bits per heavy atom. The lowest BCUT2D eigenvalue weighted by Gasteiger charge is -2.30. The van der Waals surface area contributed by atoms with Crippen LogP contribution in [-0.4, -0.2) is 35.8 Å². The predicted molar refractivity (Wildman–Crippen MR) is 132 cm³/mol. The van der Waals surface area contributed by atoms with Crippen LogP contribution in [0.25, 0.3) is 10.9 Å². The lowest BCUT2D eigenvalue weighted by atomic mass is 10.1. The molecule has 1 atom stereocenters. The van der Waals surface area contributed by atoms with Crippen LogP contribution in [0.2, 0.25) is 0 Å². The largest absolute Gasteiger partial charge is 0.756 e. The second-order valence-electron chi connectivity index (χ2n) is 8.66. The Morgan fingerprint density at radius 1 is 1.00 bits per heavy atom. The number of halogens is 2. The number of carbonyl (C=O) groups is 2. The number of rotatable bonds is 6. The first-order valence-electron chi connectivity index (χ1n) is 11.3. The summed E-state index contributed by atoms with van der Waals surface area (Å²) in [6.07, 6.45) is 1.52. The van der Waals surface area contributed by atoms with E-state index < -0.39 is 45.9 Å². The molecular weight excluding hydrogens is 504 g/mol. The van der Waals surface area contributed by atoms with Gasteiger partial charge in [-0.05, 0) is 60.5 Å². The summed E-state index contributed by atoms with van der Waals surface area (Å²) in [4.78, 5) is 27.2. The van der Waals surface area contributed by atoms with Gasteiger partial charge in [0.15, 0.2) is 0 Å². The van der Waals surface area contributed by atoms with Crippen LogP contribution in [0.3, 0.4) is 0 Å². The fourth-order valence-electron chi connectivity index (χ4n) is 4.47. The number of hydrogen-bond donors (Lipinski definition) is 0. The van der Waals surface area contributed by atoms with Gasteiger partial charge in [-0.3, -0.25) is 9.59 Å². The summed E-state index contributed by atoms with van der Waals surface area (Å²) >= 11 is 0. The van der Waals surface area contributed by atoms with Crippen molar-refractivity contribution >= 4 is 38.4 Å². The molecular formula is C26H20F2N3O5S-. The third kappa shape index (κ3) is 4.58. The quantitative estimate of drug-likeness (QED) is 0.280. The molecule has 0 radical (unpaired) electrons. The summed E-state index contributed by atoms with van der Waals surface area (Å²) in [6.45, 7) is -0.418. The van der Waals surface area contributed by atoms with Crippen LogP contribution in [0, 0.1) is 22.8 Å². The average molecular weight is 525 g/mol. The molecule has 2 heterocycles. The van der Waals surface area contributed by atoms with Gasteiger partial charge in [-0.15, -0.1) is 0 Å². The zero-order chi connectivity index (χ0) is 26.3. The number of benzene rings is 3. The summed E-state index contributed by atoms with van der Waals surface area (Å²) in [5.74, 6) is -4.54. The Kier molecular flexibility index (Phi) is 6.26. The Hall–Kier alpha value is -4.09. The van der Waals surface area contributed by atoms with Gasteiger partial charge >= 0.3 is 0 Å². The molecule has 8 nitrogen and oxygen atoms in total. The molecule has 190 valence electrons. The Labute approximate surface area is 211 Å². The molecule has 1 aliphatic heterocycles. The summed E-state index contributed by atoms with van der Waals surface area (Å²) in [7, 11) is -3.82. The van der Waals surface area contributed by atoms with Crippen molar-refractivity contribution in [2.75, 3.05) is 11.4 Å². The fraction of sp³-hybridized carbons (Fsp3) is 0.154. The second-order valence-corrected chi connectivity index (χ2v) is 10.5. The molecule has 0 bridgehead atoms. The Morgan fingerprint density at radius 3 is 2.41 bits per heavy atom. The number of carbonyl (C=O) groups excluding carboxylic acids is 2. The Balaban J connectivity index is 1.34. The van der Waals surface area contributed by atoms with Gasteiger partial charge in [-0.25, -0.2) is 21.2 Å². The number of fused-ring (bicyclic) bond motifs is 1. The lowest BCUT2D eigenvalue weighted by molar-refractivity contribution is -0.138. The molecule has 2 amide bonds. The van der Waals surface area contributed by atoms with Gasteiger partial charge in [0.1, 0.15) is 17.6 Å². The highest BCUT2D eigenvalue weighted by atomic mass is 32.2.